The molecule has 0 saturated heterocycles. The summed E-state index contributed by atoms with van der Waals surface area (Å²) in [5.74, 6) is 0. The van der Waals surface area contributed by atoms with Gasteiger partial charge in [-0.15, -0.1) is 0 Å². The van der Waals surface area contributed by atoms with Crippen LogP contribution in [-0.2, 0) is 20.8 Å². The molecule has 0 aliphatic carbocycles. The molecule has 0 unspecified atom stereocenters. The summed E-state index contributed by atoms with van der Waals surface area (Å²) in [4.78, 5) is 7.50. The molecule has 0 atom stereocenters. The Morgan fingerprint density at radius 2 is 0.769 bits per heavy atom. The number of hydrogen-bond acceptors (Lipinski definition) is 6. The molecule has 10 nitrogen and oxygen atoms in total. The predicted octanol–water partition coefficient (Wildman–Crippen LogP) is -3.86. The van der Waals surface area contributed by atoms with Crippen molar-refractivity contribution in [2.24, 2.45) is 0 Å². The van der Waals surface area contributed by atoms with E-state index >= 15 is 0 Å². The van der Waals surface area contributed by atoms with Crippen molar-refractivity contribution in [1.82, 2.24) is 0 Å². The molecule has 0 heterocycles. The van der Waals surface area contributed by atoms with Crippen molar-refractivity contribution in [3.8, 4) is 0 Å². The van der Waals surface area contributed by atoms with E-state index in [9.17, 15) is 0 Å². The minimum atomic E-state index is -4.67. The van der Waals surface area contributed by atoms with E-state index in [4.69, 9.17) is 40.0 Å². The number of nitroso groups, excluding NO2 is 1. The first kappa shape index (κ1) is 23.6. The molecule has 78 valence electrons. The van der Waals surface area contributed by atoms with Gasteiger partial charge in [-0.1, -0.05) is 5.59 Å². The van der Waals surface area contributed by atoms with Crippen LogP contribution in [0, 0.1) is 10.5 Å². The summed E-state index contributed by atoms with van der Waals surface area (Å²) in [5.41, 5.74) is 4.50. The number of nitrogens with one attached hydrogen (secondary N) is 1. The molecule has 0 aromatic carbocycles. The van der Waals surface area contributed by atoms with Crippen molar-refractivity contribution in [2.75, 3.05) is 0 Å². The van der Waals surface area contributed by atoms with Gasteiger partial charge in [0.1, 0.15) is 0 Å². The maximum atomic E-state index is 8.74. The van der Waals surface area contributed by atoms with Gasteiger partial charge in [0.25, 0.3) is 0 Å². The van der Waals surface area contributed by atoms with Crippen LogP contribution in [0.25, 0.3) is 0 Å². The van der Waals surface area contributed by atoms with Crippen molar-refractivity contribution in [2.45, 2.75) is 0 Å². The Hall–Kier alpha value is 0.976. The van der Waals surface area contributed by atoms with Crippen LogP contribution < -0.4 is 51.4 Å². The zero-order valence-electron chi connectivity index (χ0n) is 7.15. The Bertz CT molecular complexity index is 232. The molecular formula is H6KNO9S2. The van der Waals surface area contributed by atoms with E-state index in [-0.39, 0.29) is 52.8 Å². The second-order valence-electron chi connectivity index (χ2n) is 0.896. The molecule has 0 aromatic rings. The van der Waals surface area contributed by atoms with Gasteiger partial charge in [-0.2, -0.15) is 21.7 Å². The van der Waals surface area contributed by atoms with Gasteiger partial charge in [0.15, 0.2) is 0 Å². The average Bonchev–Trinajstić information content (AvgIpc) is 1.59. The normalized spacial score (nSPS) is 9.23. The predicted molar refractivity (Wildman–Crippen MR) is 35.6 cm³/mol. The van der Waals surface area contributed by atoms with Crippen molar-refractivity contribution in [1.29, 1.82) is 5.59 Å². The van der Waals surface area contributed by atoms with Crippen LogP contribution in [0.2, 0.25) is 0 Å². The van der Waals surface area contributed by atoms with E-state index in [2.05, 4.69) is 5.59 Å². The minimum Gasteiger partial charge on any atom is -1.00 e. The molecule has 0 spiro atoms. The number of rotatable bonds is 0. The molecule has 5 N–H and O–H groups in total. The topological polar surface area (TPSA) is 190 Å². The minimum absolute atomic E-state index is 0. The quantitative estimate of drug-likeness (QED) is 0.166. The summed E-state index contributed by atoms with van der Waals surface area (Å²) >= 11 is 0. The summed E-state index contributed by atoms with van der Waals surface area (Å²) in [5, 5.41) is 0. The molecule has 0 aliphatic heterocycles. The zero-order chi connectivity index (χ0) is 11.0. The van der Waals surface area contributed by atoms with Gasteiger partial charge < -0.3 is 1.43 Å². The van der Waals surface area contributed by atoms with Crippen LogP contribution in [0.4, 0.5) is 0 Å². The fourth-order valence-corrected chi connectivity index (χ4v) is 0. The van der Waals surface area contributed by atoms with Gasteiger partial charge >= 0.3 is 72.2 Å². The molecule has 0 saturated carbocycles. The van der Waals surface area contributed by atoms with Crippen LogP contribution in [0.3, 0.4) is 0 Å². The summed E-state index contributed by atoms with van der Waals surface area (Å²) in [6.45, 7) is 0. The molecule has 0 fully saturated rings. The van der Waals surface area contributed by atoms with Crippen LogP contribution in [0.15, 0.2) is 0 Å². The van der Waals surface area contributed by atoms with E-state index in [1.54, 1.807) is 0 Å². The smallest absolute Gasteiger partial charge is 1.00 e. The van der Waals surface area contributed by atoms with E-state index in [0.717, 1.165) is 0 Å². The van der Waals surface area contributed by atoms with Gasteiger partial charge in [0.2, 0.25) is 0 Å². The first-order chi connectivity index (χ1) is 5.00. The Labute approximate surface area is 118 Å². The van der Waals surface area contributed by atoms with Crippen molar-refractivity contribution < 1.29 is 87.9 Å². The van der Waals surface area contributed by atoms with E-state index in [1.807, 2.05) is 0 Å². The van der Waals surface area contributed by atoms with Crippen LogP contribution >= 0.6 is 0 Å². The van der Waals surface area contributed by atoms with Crippen molar-refractivity contribution in [3.63, 3.8) is 0 Å². The Morgan fingerprint density at radius 1 is 0.769 bits per heavy atom. The monoisotopic (exact) mass is 267 g/mol. The third-order valence-electron chi connectivity index (χ3n) is 0. The summed E-state index contributed by atoms with van der Waals surface area (Å²) in [6, 6.07) is 0. The van der Waals surface area contributed by atoms with E-state index in [0.29, 0.717) is 0 Å². The van der Waals surface area contributed by atoms with Crippen molar-refractivity contribution >= 4 is 20.8 Å². The fraction of sp³-hybridized carbons (Fsp3) is 0. The molecule has 0 amide bonds. The summed E-state index contributed by atoms with van der Waals surface area (Å²) in [6.07, 6.45) is 0. The number of hydrogen-bond donors (Lipinski definition) is 5. The SMILES string of the molecule is N=O.O=S(=O)(O)O.O=S(=O)(O)O.[H-].[K+]. The average molecular weight is 267 g/mol. The zero-order valence-corrected chi connectivity index (χ0v) is 10.9. The second-order valence-corrected chi connectivity index (χ2v) is 2.69. The standard InChI is InChI=1S/K.HNO.2H2O4S.H/c;1-2;2*1-5(2,3)4;/h;1H;2*(H2,1,2,3,4);/q+1;;;;-1. The van der Waals surface area contributed by atoms with Gasteiger partial charge in [0, 0.05) is 0 Å². The van der Waals surface area contributed by atoms with E-state index < -0.39 is 20.8 Å². The molecule has 0 radical (unpaired) electrons. The largest absolute Gasteiger partial charge is 1.00 e. The maximum Gasteiger partial charge on any atom is 1.00 e. The maximum absolute atomic E-state index is 8.74. The van der Waals surface area contributed by atoms with Crippen LogP contribution in [0.5, 0.6) is 0 Å². The molecule has 0 bridgehead atoms. The van der Waals surface area contributed by atoms with Crippen LogP contribution in [-0.4, -0.2) is 35.0 Å². The Balaban J connectivity index is -0.0000000292. The van der Waals surface area contributed by atoms with E-state index in [1.165, 1.54) is 0 Å². The molecule has 13 heteroatoms. The summed E-state index contributed by atoms with van der Waals surface area (Å²) < 4.78 is 63.2. The first-order valence-electron chi connectivity index (χ1n) is 1.60. The third-order valence-corrected chi connectivity index (χ3v) is 0. The fourth-order valence-electron chi connectivity index (χ4n) is 0. The van der Waals surface area contributed by atoms with Gasteiger partial charge in [0.05, 0.1) is 0 Å². The first-order valence-corrected chi connectivity index (χ1v) is 4.40. The molecular weight excluding hydrogens is 261 g/mol. The van der Waals surface area contributed by atoms with Gasteiger partial charge in [-0.3, -0.25) is 18.2 Å². The Morgan fingerprint density at radius 3 is 0.769 bits per heavy atom. The van der Waals surface area contributed by atoms with Gasteiger partial charge in [-0.25, -0.2) is 0 Å². The molecule has 0 aromatic heterocycles. The second kappa shape index (κ2) is 11.1. The Kier molecular flexibility index (Phi) is 20.1. The summed E-state index contributed by atoms with van der Waals surface area (Å²) in [7, 11) is -9.33. The van der Waals surface area contributed by atoms with Gasteiger partial charge in [-0.05, 0) is 0 Å². The molecule has 13 heavy (non-hydrogen) atoms. The van der Waals surface area contributed by atoms with Crippen LogP contribution in [0.1, 0.15) is 1.43 Å². The van der Waals surface area contributed by atoms with Crippen molar-refractivity contribution in [3.05, 3.63) is 4.91 Å². The third kappa shape index (κ3) is 1640. The molecule has 0 rings (SSSR count). The molecule has 0 aliphatic rings.